The number of hydrogen-bond donors (Lipinski definition) is 2. The summed E-state index contributed by atoms with van der Waals surface area (Å²) < 4.78 is 0. The average molecular weight is 381 g/mol. The first kappa shape index (κ1) is 19.7. The van der Waals surface area contributed by atoms with Crippen LogP contribution in [-0.4, -0.2) is 48.4 Å². The highest BCUT2D eigenvalue weighted by molar-refractivity contribution is 6.05. The third-order valence-electron chi connectivity index (χ3n) is 5.20. The molecule has 1 aliphatic rings. The number of nitrogens with one attached hydrogen (secondary N) is 1. The normalized spacial score (nSPS) is 16.0. The predicted molar refractivity (Wildman–Crippen MR) is 111 cm³/mol. The van der Waals surface area contributed by atoms with Gasteiger partial charge in [-0.25, -0.2) is 4.98 Å². The molecule has 3 N–H and O–H groups in total. The lowest BCUT2D eigenvalue weighted by atomic mass is 10.0. The Bertz CT molecular complexity index is 809. The molecule has 1 fully saturated rings. The van der Waals surface area contributed by atoms with Gasteiger partial charge < -0.3 is 20.9 Å². The number of likely N-dealkylation sites (tertiary alicyclic amines) is 1. The molecule has 1 aromatic heterocycles. The van der Waals surface area contributed by atoms with Gasteiger partial charge in [0.25, 0.3) is 5.91 Å². The van der Waals surface area contributed by atoms with Crippen molar-refractivity contribution in [1.82, 2.24) is 9.88 Å². The summed E-state index contributed by atoms with van der Waals surface area (Å²) in [5, 5.41) is 2.81. The van der Waals surface area contributed by atoms with Gasteiger partial charge in [0, 0.05) is 32.4 Å². The minimum absolute atomic E-state index is 0.236. The second-order valence-corrected chi connectivity index (χ2v) is 7.07. The van der Waals surface area contributed by atoms with E-state index < -0.39 is 0 Å². The van der Waals surface area contributed by atoms with E-state index in [0.29, 0.717) is 22.9 Å². The van der Waals surface area contributed by atoms with E-state index in [-0.39, 0.29) is 5.91 Å². The quantitative estimate of drug-likeness (QED) is 0.542. The van der Waals surface area contributed by atoms with E-state index in [1.807, 2.05) is 23.1 Å². The maximum Gasteiger partial charge on any atom is 0.257 e. The van der Waals surface area contributed by atoms with Crippen molar-refractivity contribution in [3.63, 3.8) is 0 Å². The van der Waals surface area contributed by atoms with Crippen LogP contribution < -0.4 is 16.0 Å². The van der Waals surface area contributed by atoms with Crippen LogP contribution in [0.3, 0.4) is 0 Å². The van der Waals surface area contributed by atoms with Crippen molar-refractivity contribution in [2.24, 2.45) is 5.92 Å². The largest absolute Gasteiger partial charge is 0.397 e. The number of pyridine rings is 1. The molecule has 7 heteroatoms. The van der Waals surface area contributed by atoms with Gasteiger partial charge in [0.05, 0.1) is 16.9 Å². The number of nitrogens with zero attached hydrogens (tertiary/aromatic N) is 3. The van der Waals surface area contributed by atoms with E-state index in [1.165, 1.54) is 0 Å². The van der Waals surface area contributed by atoms with Crippen LogP contribution in [0, 0.1) is 5.92 Å². The summed E-state index contributed by atoms with van der Waals surface area (Å²) in [5.41, 5.74) is 7.47. The monoisotopic (exact) mass is 381 g/mol. The Morgan fingerprint density at radius 1 is 1.36 bits per heavy atom. The molecule has 0 saturated carbocycles. The summed E-state index contributed by atoms with van der Waals surface area (Å²) in [6, 6.07) is 10.8. The van der Waals surface area contributed by atoms with Crippen LogP contribution in [0.15, 0.2) is 42.6 Å². The number of amides is 2. The fourth-order valence-corrected chi connectivity index (χ4v) is 3.48. The second-order valence-electron chi connectivity index (χ2n) is 7.07. The van der Waals surface area contributed by atoms with Gasteiger partial charge in [-0.3, -0.25) is 9.59 Å². The predicted octanol–water partition coefficient (Wildman–Crippen LogP) is 2.61. The number of aromatic nitrogens is 1. The van der Waals surface area contributed by atoms with Crippen molar-refractivity contribution in [1.29, 1.82) is 0 Å². The van der Waals surface area contributed by atoms with Gasteiger partial charge >= 0.3 is 0 Å². The van der Waals surface area contributed by atoms with E-state index in [9.17, 15) is 9.59 Å². The number of carbonyl (C=O) groups is 2. The molecular formula is C21H27N5O2. The maximum atomic E-state index is 12.4. The van der Waals surface area contributed by atoms with E-state index in [0.717, 1.165) is 51.2 Å². The number of carbonyl (C=O) groups excluding carboxylic acids is 2. The van der Waals surface area contributed by atoms with Crippen molar-refractivity contribution >= 4 is 29.5 Å². The lowest BCUT2D eigenvalue weighted by Gasteiger charge is -2.23. The summed E-state index contributed by atoms with van der Waals surface area (Å²) in [7, 11) is 0. The molecule has 2 amide bonds. The first-order valence-corrected chi connectivity index (χ1v) is 9.67. The molecule has 1 saturated heterocycles. The minimum Gasteiger partial charge on any atom is -0.397 e. The summed E-state index contributed by atoms with van der Waals surface area (Å²) in [6.07, 6.45) is 4.61. The summed E-state index contributed by atoms with van der Waals surface area (Å²) in [6.45, 7) is 5.51. The highest BCUT2D eigenvalue weighted by atomic mass is 16.1. The topological polar surface area (TPSA) is 91.6 Å². The zero-order valence-corrected chi connectivity index (χ0v) is 16.2. The number of hydrogen-bond acceptors (Lipinski definition) is 5. The Morgan fingerprint density at radius 3 is 2.82 bits per heavy atom. The summed E-state index contributed by atoms with van der Waals surface area (Å²) in [5.74, 6) is 1.16. The highest BCUT2D eigenvalue weighted by Gasteiger charge is 2.21. The Hall–Kier alpha value is -3.09. The van der Waals surface area contributed by atoms with E-state index >= 15 is 0 Å². The Balaban J connectivity index is 1.58. The lowest BCUT2D eigenvalue weighted by Crippen LogP contribution is -2.27. The van der Waals surface area contributed by atoms with Crippen molar-refractivity contribution < 1.29 is 9.59 Å². The number of para-hydroxylation sites is 2. The van der Waals surface area contributed by atoms with Crippen molar-refractivity contribution in [2.75, 3.05) is 42.1 Å². The second kappa shape index (κ2) is 9.21. The Kier molecular flexibility index (Phi) is 6.47. The van der Waals surface area contributed by atoms with Crippen molar-refractivity contribution in [2.45, 2.75) is 19.8 Å². The molecule has 2 aromatic rings. The molecule has 2 heterocycles. The number of anilines is 3. The lowest BCUT2D eigenvalue weighted by molar-refractivity contribution is -0.117. The standard InChI is InChI=1S/C21H27N5O2/c1-2-26(12-10-16-9-11-25(14-16)15-27)20-8-7-17(13-23-20)21(28)24-19-6-4-3-5-18(19)22/h3-8,13,15-16H,2,9-12,14,22H2,1H3,(H,24,28). The maximum absolute atomic E-state index is 12.4. The van der Waals surface area contributed by atoms with Crippen LogP contribution in [0.25, 0.3) is 0 Å². The fourth-order valence-electron chi connectivity index (χ4n) is 3.48. The number of rotatable bonds is 8. The van der Waals surface area contributed by atoms with Gasteiger partial charge in [0.2, 0.25) is 6.41 Å². The van der Waals surface area contributed by atoms with Crippen LogP contribution in [-0.2, 0) is 4.79 Å². The number of nitrogen functional groups attached to an aromatic ring is 1. The minimum atomic E-state index is -0.236. The van der Waals surface area contributed by atoms with E-state index in [2.05, 4.69) is 22.1 Å². The molecule has 148 valence electrons. The molecule has 0 bridgehead atoms. The van der Waals surface area contributed by atoms with Gasteiger partial charge in [-0.05, 0) is 49.9 Å². The molecule has 1 aliphatic heterocycles. The molecule has 1 aromatic carbocycles. The number of benzene rings is 1. The molecule has 0 spiro atoms. The van der Waals surface area contributed by atoms with Crippen LogP contribution >= 0.6 is 0 Å². The van der Waals surface area contributed by atoms with Crippen molar-refractivity contribution in [3.8, 4) is 0 Å². The van der Waals surface area contributed by atoms with Gasteiger partial charge in [0.1, 0.15) is 5.82 Å². The van der Waals surface area contributed by atoms with Gasteiger partial charge in [-0.15, -0.1) is 0 Å². The molecule has 0 radical (unpaired) electrons. The highest BCUT2D eigenvalue weighted by Crippen LogP contribution is 2.21. The molecular weight excluding hydrogens is 354 g/mol. The molecule has 7 nitrogen and oxygen atoms in total. The zero-order valence-electron chi connectivity index (χ0n) is 16.2. The molecule has 1 unspecified atom stereocenters. The molecule has 0 aliphatic carbocycles. The van der Waals surface area contributed by atoms with E-state index in [1.54, 1.807) is 24.4 Å². The number of nitrogens with two attached hydrogens (primary N) is 1. The first-order valence-electron chi connectivity index (χ1n) is 9.67. The Labute approximate surface area is 165 Å². The van der Waals surface area contributed by atoms with Crippen LogP contribution in [0.4, 0.5) is 17.2 Å². The average Bonchev–Trinajstić information content (AvgIpc) is 3.19. The third-order valence-corrected chi connectivity index (χ3v) is 5.20. The first-order chi connectivity index (χ1) is 13.6. The van der Waals surface area contributed by atoms with Gasteiger partial charge in [0.15, 0.2) is 0 Å². The van der Waals surface area contributed by atoms with Gasteiger partial charge in [-0.1, -0.05) is 12.1 Å². The van der Waals surface area contributed by atoms with Crippen LogP contribution in [0.5, 0.6) is 0 Å². The third kappa shape index (κ3) is 4.79. The summed E-state index contributed by atoms with van der Waals surface area (Å²) >= 11 is 0. The Morgan fingerprint density at radius 2 is 2.18 bits per heavy atom. The fraction of sp³-hybridized carbons (Fsp3) is 0.381. The van der Waals surface area contributed by atoms with E-state index in [4.69, 9.17) is 5.73 Å². The van der Waals surface area contributed by atoms with Gasteiger partial charge in [-0.2, -0.15) is 0 Å². The molecule has 28 heavy (non-hydrogen) atoms. The van der Waals surface area contributed by atoms with Crippen molar-refractivity contribution in [3.05, 3.63) is 48.2 Å². The molecule has 3 rings (SSSR count). The summed E-state index contributed by atoms with van der Waals surface area (Å²) in [4.78, 5) is 31.8. The SMILES string of the molecule is CCN(CCC1CCN(C=O)C1)c1ccc(C(=O)Nc2ccccc2N)cn1. The van der Waals surface area contributed by atoms with Crippen LogP contribution in [0.1, 0.15) is 30.1 Å². The van der Waals surface area contributed by atoms with Crippen LogP contribution in [0.2, 0.25) is 0 Å². The zero-order chi connectivity index (χ0) is 19.9. The smallest absolute Gasteiger partial charge is 0.257 e. The molecule has 1 atom stereocenters.